The normalized spacial score (nSPS) is 11.4. The highest BCUT2D eigenvalue weighted by atomic mass is 16.5. The molecule has 34 heavy (non-hydrogen) atoms. The molecule has 2 aromatic carbocycles. The van der Waals surface area contributed by atoms with Gasteiger partial charge in [-0.3, -0.25) is 4.90 Å². The minimum absolute atomic E-state index is 0.0377. The Morgan fingerprint density at radius 1 is 0.794 bits per heavy atom. The van der Waals surface area contributed by atoms with Gasteiger partial charge in [-0.25, -0.2) is 9.97 Å². The lowest BCUT2D eigenvalue weighted by Crippen LogP contribution is -2.17. The van der Waals surface area contributed by atoms with E-state index in [1.165, 1.54) is 5.56 Å². The summed E-state index contributed by atoms with van der Waals surface area (Å²) in [6.07, 6.45) is 3.65. The molecule has 0 fully saturated rings. The first-order valence-corrected chi connectivity index (χ1v) is 11.6. The van der Waals surface area contributed by atoms with Gasteiger partial charge < -0.3 is 10.1 Å². The number of benzene rings is 2. The van der Waals surface area contributed by atoms with Crippen LogP contribution in [0.1, 0.15) is 37.5 Å². The van der Waals surface area contributed by atoms with Gasteiger partial charge in [0.05, 0.1) is 0 Å². The molecule has 4 aromatic rings. The fraction of sp³-hybridized carbons (Fsp3) is 0.241. The van der Waals surface area contributed by atoms with Crippen molar-refractivity contribution in [2.75, 3.05) is 12.4 Å². The number of hydrogen-bond donors (Lipinski definition) is 1. The highest BCUT2D eigenvalue weighted by Crippen LogP contribution is 2.36. The lowest BCUT2D eigenvalue weighted by molar-refractivity contribution is 0.319. The van der Waals surface area contributed by atoms with Crippen LogP contribution in [0.25, 0.3) is 0 Å². The molecule has 0 amide bonds. The van der Waals surface area contributed by atoms with Crippen LogP contribution in [0, 0.1) is 0 Å². The van der Waals surface area contributed by atoms with Gasteiger partial charge in [0, 0.05) is 31.0 Å². The lowest BCUT2D eigenvalue weighted by atomic mass is 9.86. The zero-order chi connectivity index (χ0) is 24.0. The van der Waals surface area contributed by atoms with Crippen molar-refractivity contribution in [2.24, 2.45) is 0 Å². The minimum Gasteiger partial charge on any atom is -0.437 e. The van der Waals surface area contributed by atoms with Gasteiger partial charge in [-0.1, -0.05) is 75.4 Å². The number of para-hydroxylation sites is 1. The van der Waals surface area contributed by atoms with Crippen molar-refractivity contribution >= 4 is 11.5 Å². The van der Waals surface area contributed by atoms with E-state index in [0.717, 1.165) is 41.5 Å². The fourth-order valence-corrected chi connectivity index (χ4v) is 3.84. The van der Waals surface area contributed by atoms with Gasteiger partial charge >= 0.3 is 0 Å². The number of nitrogens with zero attached hydrogens (tertiary/aromatic N) is 3. The second-order valence-electron chi connectivity index (χ2n) is 9.54. The quantitative estimate of drug-likeness (QED) is 0.314. The van der Waals surface area contributed by atoms with Crippen molar-refractivity contribution in [3.8, 4) is 11.6 Å². The standard InChI is InChI=1S/C29H32N4O/c1-29(2,3)24-13-8-9-15-26(24)34-28-25(14-10-18-30-28)32-27-17-16-23(19-31-27)21-33(4)20-22-11-6-5-7-12-22/h5-19H,20-21H2,1-4H3,(H,31,32). The highest BCUT2D eigenvalue weighted by molar-refractivity contribution is 5.62. The van der Waals surface area contributed by atoms with Crippen molar-refractivity contribution in [3.05, 3.63) is 108 Å². The number of anilines is 2. The molecule has 5 heteroatoms. The van der Waals surface area contributed by atoms with Crippen LogP contribution >= 0.6 is 0 Å². The van der Waals surface area contributed by atoms with Crippen molar-refractivity contribution in [1.82, 2.24) is 14.9 Å². The molecule has 0 bridgehead atoms. The van der Waals surface area contributed by atoms with E-state index in [0.29, 0.717) is 5.88 Å². The third kappa shape index (κ3) is 6.21. The molecular formula is C29H32N4O. The van der Waals surface area contributed by atoms with Crippen LogP contribution in [0.5, 0.6) is 11.6 Å². The van der Waals surface area contributed by atoms with Crippen LogP contribution < -0.4 is 10.1 Å². The van der Waals surface area contributed by atoms with Crippen molar-refractivity contribution in [1.29, 1.82) is 0 Å². The third-order valence-corrected chi connectivity index (χ3v) is 5.51. The maximum atomic E-state index is 6.26. The number of ether oxygens (including phenoxy) is 1. The summed E-state index contributed by atoms with van der Waals surface area (Å²) in [5, 5.41) is 3.36. The van der Waals surface area contributed by atoms with Crippen LogP contribution in [-0.2, 0) is 18.5 Å². The summed E-state index contributed by atoms with van der Waals surface area (Å²) in [4.78, 5) is 11.4. The maximum Gasteiger partial charge on any atom is 0.243 e. The van der Waals surface area contributed by atoms with Gasteiger partial charge in [-0.2, -0.15) is 0 Å². The molecular weight excluding hydrogens is 420 g/mol. The van der Waals surface area contributed by atoms with Crippen LogP contribution in [0.3, 0.4) is 0 Å². The first-order valence-electron chi connectivity index (χ1n) is 11.6. The van der Waals surface area contributed by atoms with Gasteiger partial charge in [0.15, 0.2) is 0 Å². The minimum atomic E-state index is -0.0377. The summed E-state index contributed by atoms with van der Waals surface area (Å²) in [6.45, 7) is 8.25. The summed E-state index contributed by atoms with van der Waals surface area (Å²) < 4.78 is 6.26. The Kier molecular flexibility index (Phi) is 7.24. The number of aromatic nitrogens is 2. The molecule has 2 heterocycles. The molecule has 0 saturated carbocycles. The molecule has 0 aliphatic rings. The molecule has 5 nitrogen and oxygen atoms in total. The van der Waals surface area contributed by atoms with E-state index in [4.69, 9.17) is 4.74 Å². The highest BCUT2D eigenvalue weighted by Gasteiger charge is 2.20. The fourth-order valence-electron chi connectivity index (χ4n) is 3.84. The second kappa shape index (κ2) is 10.5. The Bertz CT molecular complexity index is 1200. The zero-order valence-corrected chi connectivity index (χ0v) is 20.3. The molecule has 174 valence electrons. The topological polar surface area (TPSA) is 50.3 Å². The summed E-state index contributed by atoms with van der Waals surface area (Å²) in [5.74, 6) is 2.07. The van der Waals surface area contributed by atoms with Crippen molar-refractivity contribution < 1.29 is 4.74 Å². The van der Waals surface area contributed by atoms with Gasteiger partial charge in [0.25, 0.3) is 0 Å². The average Bonchev–Trinajstić information content (AvgIpc) is 2.82. The number of pyridine rings is 2. The third-order valence-electron chi connectivity index (χ3n) is 5.51. The predicted molar refractivity (Wildman–Crippen MR) is 139 cm³/mol. The zero-order valence-electron chi connectivity index (χ0n) is 20.3. The maximum absolute atomic E-state index is 6.26. The first-order chi connectivity index (χ1) is 16.4. The van der Waals surface area contributed by atoms with E-state index in [1.807, 2.05) is 48.7 Å². The monoisotopic (exact) mass is 452 g/mol. The Hall–Kier alpha value is -3.70. The number of rotatable bonds is 8. The molecule has 2 aromatic heterocycles. The molecule has 0 saturated heterocycles. The van der Waals surface area contributed by atoms with Crippen LogP contribution in [0.2, 0.25) is 0 Å². The van der Waals surface area contributed by atoms with Gasteiger partial charge in [-0.15, -0.1) is 0 Å². The Labute approximate surface area is 202 Å². The van der Waals surface area contributed by atoms with Crippen LogP contribution in [-0.4, -0.2) is 21.9 Å². The Balaban J connectivity index is 1.44. The van der Waals surface area contributed by atoms with E-state index >= 15 is 0 Å². The van der Waals surface area contributed by atoms with Gasteiger partial charge in [0.1, 0.15) is 17.3 Å². The van der Waals surface area contributed by atoms with E-state index in [-0.39, 0.29) is 5.41 Å². The summed E-state index contributed by atoms with van der Waals surface area (Å²) in [6, 6.07) is 26.5. The molecule has 0 radical (unpaired) electrons. The summed E-state index contributed by atoms with van der Waals surface area (Å²) in [5.41, 5.74) is 4.32. The second-order valence-corrected chi connectivity index (χ2v) is 9.54. The van der Waals surface area contributed by atoms with Gasteiger partial charge in [-0.05, 0) is 47.9 Å². The molecule has 0 aliphatic carbocycles. The summed E-state index contributed by atoms with van der Waals surface area (Å²) >= 11 is 0. The Morgan fingerprint density at radius 2 is 1.53 bits per heavy atom. The van der Waals surface area contributed by atoms with Crippen molar-refractivity contribution in [2.45, 2.75) is 39.3 Å². The smallest absolute Gasteiger partial charge is 0.243 e. The van der Waals surface area contributed by atoms with Crippen LogP contribution in [0.15, 0.2) is 91.3 Å². The molecule has 0 spiro atoms. The average molecular weight is 453 g/mol. The van der Waals surface area contributed by atoms with Crippen molar-refractivity contribution in [3.63, 3.8) is 0 Å². The molecule has 0 aliphatic heterocycles. The Morgan fingerprint density at radius 3 is 2.26 bits per heavy atom. The molecule has 4 rings (SSSR count). The van der Waals surface area contributed by atoms with E-state index in [1.54, 1.807) is 6.20 Å². The molecule has 1 N–H and O–H groups in total. The SMILES string of the molecule is CN(Cc1ccccc1)Cc1ccc(Nc2cccnc2Oc2ccccc2C(C)(C)C)nc1. The predicted octanol–water partition coefficient (Wildman–Crippen LogP) is 6.94. The molecule has 0 unspecified atom stereocenters. The van der Waals surface area contributed by atoms with Crippen LogP contribution in [0.4, 0.5) is 11.5 Å². The molecule has 0 atom stereocenters. The summed E-state index contributed by atoms with van der Waals surface area (Å²) in [7, 11) is 2.12. The van der Waals surface area contributed by atoms with E-state index in [9.17, 15) is 0 Å². The van der Waals surface area contributed by atoms with Gasteiger partial charge in [0.2, 0.25) is 5.88 Å². The van der Waals surface area contributed by atoms with E-state index < -0.39 is 0 Å². The number of nitrogens with one attached hydrogen (secondary N) is 1. The largest absolute Gasteiger partial charge is 0.437 e. The first kappa shape index (κ1) is 23.5. The van der Waals surface area contributed by atoms with E-state index in [2.05, 4.69) is 84.4 Å². The number of hydrogen-bond acceptors (Lipinski definition) is 5. The lowest BCUT2D eigenvalue weighted by Gasteiger charge is -2.22.